The molecule has 2 rings (SSSR count). The molecule has 2 atom stereocenters. The summed E-state index contributed by atoms with van der Waals surface area (Å²) in [6.07, 6.45) is 12.0. The average Bonchev–Trinajstić information content (AvgIpc) is 2.31. The van der Waals surface area contributed by atoms with Crippen molar-refractivity contribution in [1.29, 1.82) is 5.26 Å². The molecule has 0 bridgehead atoms. The van der Waals surface area contributed by atoms with Gasteiger partial charge in [-0.2, -0.15) is 5.26 Å². The number of allylic oxidation sites excluding steroid dienone is 3. The molecule has 1 N–H and O–H groups in total. The smallest absolute Gasteiger partial charge is 0.0624 e. The molecule has 0 aromatic carbocycles. The second-order valence-electron chi connectivity index (χ2n) is 4.47. The van der Waals surface area contributed by atoms with Crippen molar-refractivity contribution >= 4 is 0 Å². The Hall–Kier alpha value is -1.07. The third-order valence-corrected chi connectivity index (χ3v) is 3.39. The fourth-order valence-corrected chi connectivity index (χ4v) is 2.50. The van der Waals surface area contributed by atoms with Crippen LogP contribution in [-0.2, 0) is 0 Å². The van der Waals surface area contributed by atoms with Crippen molar-refractivity contribution in [3.05, 3.63) is 23.8 Å². The van der Waals surface area contributed by atoms with Crippen LogP contribution in [0.1, 0.15) is 32.1 Å². The van der Waals surface area contributed by atoms with Crippen molar-refractivity contribution in [3.8, 4) is 6.07 Å². The Morgan fingerprint density at radius 1 is 1.53 bits per heavy atom. The summed E-state index contributed by atoms with van der Waals surface area (Å²) in [6, 6.07) is 2.83. The lowest BCUT2D eigenvalue weighted by Gasteiger charge is -2.31. The van der Waals surface area contributed by atoms with Gasteiger partial charge in [-0.05, 0) is 38.1 Å². The van der Waals surface area contributed by atoms with E-state index < -0.39 is 0 Å². The Kier molecular flexibility index (Phi) is 3.58. The van der Waals surface area contributed by atoms with Gasteiger partial charge in [0.05, 0.1) is 6.07 Å². The van der Waals surface area contributed by atoms with E-state index in [1.165, 1.54) is 18.4 Å². The highest BCUT2D eigenvalue weighted by Crippen LogP contribution is 2.26. The van der Waals surface area contributed by atoms with Crippen LogP contribution in [0.4, 0.5) is 0 Å². The van der Waals surface area contributed by atoms with E-state index in [1.54, 1.807) is 0 Å². The minimum absolute atomic E-state index is 0.530. The van der Waals surface area contributed by atoms with Crippen molar-refractivity contribution in [3.63, 3.8) is 0 Å². The molecule has 2 unspecified atom stereocenters. The zero-order valence-electron chi connectivity index (χ0n) is 9.08. The van der Waals surface area contributed by atoms with Gasteiger partial charge in [-0.3, -0.25) is 0 Å². The zero-order valence-corrected chi connectivity index (χ0v) is 9.08. The van der Waals surface area contributed by atoms with Gasteiger partial charge in [0.25, 0.3) is 0 Å². The summed E-state index contributed by atoms with van der Waals surface area (Å²) in [5.41, 5.74) is 1.53. The van der Waals surface area contributed by atoms with Crippen molar-refractivity contribution < 1.29 is 0 Å². The monoisotopic (exact) mass is 202 g/mol. The maximum Gasteiger partial charge on any atom is 0.0624 e. The van der Waals surface area contributed by atoms with Crippen LogP contribution in [0.3, 0.4) is 0 Å². The van der Waals surface area contributed by atoms with Crippen LogP contribution in [-0.4, -0.2) is 12.6 Å². The standard InChI is InChI=1S/C13H18N2/c14-8-6-11-7-9-15-13(10-11)12-4-2-1-3-5-12/h1-2,4,11,13,15H,3,5-7,9-10H2. The van der Waals surface area contributed by atoms with Gasteiger partial charge >= 0.3 is 0 Å². The van der Waals surface area contributed by atoms with E-state index >= 15 is 0 Å². The molecule has 0 saturated carbocycles. The molecule has 1 aliphatic carbocycles. The first-order chi connectivity index (χ1) is 7.40. The predicted molar refractivity (Wildman–Crippen MR) is 61.2 cm³/mol. The van der Waals surface area contributed by atoms with Crippen molar-refractivity contribution in [2.45, 2.75) is 38.1 Å². The number of rotatable bonds is 2. The van der Waals surface area contributed by atoms with Crippen LogP contribution in [0.15, 0.2) is 23.8 Å². The van der Waals surface area contributed by atoms with Gasteiger partial charge in [-0.25, -0.2) is 0 Å². The summed E-state index contributed by atoms with van der Waals surface area (Å²) >= 11 is 0. The Morgan fingerprint density at radius 2 is 2.47 bits per heavy atom. The van der Waals surface area contributed by atoms with Gasteiger partial charge in [-0.15, -0.1) is 0 Å². The quantitative estimate of drug-likeness (QED) is 0.747. The molecular weight excluding hydrogens is 184 g/mol. The van der Waals surface area contributed by atoms with Crippen molar-refractivity contribution in [2.24, 2.45) is 5.92 Å². The molecule has 0 aromatic rings. The van der Waals surface area contributed by atoms with Crippen LogP contribution < -0.4 is 5.32 Å². The highest BCUT2D eigenvalue weighted by molar-refractivity contribution is 5.23. The van der Waals surface area contributed by atoms with Crippen LogP contribution in [0.5, 0.6) is 0 Å². The molecule has 1 aliphatic heterocycles. The molecule has 2 aliphatic rings. The number of hydrogen-bond donors (Lipinski definition) is 1. The van der Waals surface area contributed by atoms with E-state index in [4.69, 9.17) is 5.26 Å². The normalized spacial score (nSPS) is 30.7. The number of nitrogens with one attached hydrogen (secondary N) is 1. The number of nitrogens with zero attached hydrogens (tertiary/aromatic N) is 1. The lowest BCUT2D eigenvalue weighted by atomic mass is 9.84. The van der Waals surface area contributed by atoms with Crippen LogP contribution >= 0.6 is 0 Å². The van der Waals surface area contributed by atoms with E-state index in [2.05, 4.69) is 29.6 Å². The summed E-state index contributed by atoms with van der Waals surface area (Å²) in [7, 11) is 0. The van der Waals surface area contributed by atoms with Gasteiger partial charge < -0.3 is 5.32 Å². The van der Waals surface area contributed by atoms with Gasteiger partial charge in [0.15, 0.2) is 0 Å². The Morgan fingerprint density at radius 3 is 3.20 bits per heavy atom. The Bertz CT molecular complexity index is 309. The van der Waals surface area contributed by atoms with Crippen LogP contribution in [0.25, 0.3) is 0 Å². The van der Waals surface area contributed by atoms with Crippen LogP contribution in [0.2, 0.25) is 0 Å². The summed E-state index contributed by atoms with van der Waals surface area (Å²) < 4.78 is 0. The molecule has 15 heavy (non-hydrogen) atoms. The van der Waals surface area contributed by atoms with E-state index in [0.29, 0.717) is 12.0 Å². The average molecular weight is 202 g/mol. The van der Waals surface area contributed by atoms with E-state index in [-0.39, 0.29) is 0 Å². The van der Waals surface area contributed by atoms with Gasteiger partial charge in [-0.1, -0.05) is 23.8 Å². The summed E-state index contributed by atoms with van der Waals surface area (Å²) in [5.74, 6) is 0.605. The third-order valence-electron chi connectivity index (χ3n) is 3.39. The van der Waals surface area contributed by atoms with Crippen molar-refractivity contribution in [2.75, 3.05) is 6.54 Å². The molecule has 0 aromatic heterocycles. The minimum Gasteiger partial charge on any atom is -0.310 e. The maximum absolute atomic E-state index is 8.72. The first kappa shape index (κ1) is 10.4. The van der Waals surface area contributed by atoms with Crippen molar-refractivity contribution in [1.82, 2.24) is 5.32 Å². The van der Waals surface area contributed by atoms with Gasteiger partial charge in [0.1, 0.15) is 0 Å². The topological polar surface area (TPSA) is 35.8 Å². The maximum atomic E-state index is 8.72. The predicted octanol–water partition coefficient (Wildman–Crippen LogP) is 2.54. The molecule has 0 spiro atoms. The lowest BCUT2D eigenvalue weighted by Crippen LogP contribution is -2.39. The molecule has 2 nitrogen and oxygen atoms in total. The SMILES string of the molecule is N#CCC1CCNC(C2=CC=CCC2)C1. The Balaban J connectivity index is 1.95. The molecule has 0 radical (unpaired) electrons. The molecular formula is C13H18N2. The zero-order chi connectivity index (χ0) is 10.5. The van der Waals surface area contributed by atoms with E-state index in [1.807, 2.05) is 0 Å². The first-order valence-corrected chi connectivity index (χ1v) is 5.86. The molecule has 1 heterocycles. The number of piperidine rings is 1. The highest BCUT2D eigenvalue weighted by Gasteiger charge is 2.23. The van der Waals surface area contributed by atoms with Gasteiger partial charge in [0.2, 0.25) is 0 Å². The Labute approximate surface area is 91.7 Å². The second-order valence-corrected chi connectivity index (χ2v) is 4.47. The lowest BCUT2D eigenvalue weighted by molar-refractivity contribution is 0.326. The fourth-order valence-electron chi connectivity index (χ4n) is 2.50. The number of nitriles is 1. The van der Waals surface area contributed by atoms with Crippen LogP contribution in [0, 0.1) is 17.2 Å². The fraction of sp³-hybridized carbons (Fsp3) is 0.615. The highest BCUT2D eigenvalue weighted by atomic mass is 14.9. The van der Waals surface area contributed by atoms with E-state index in [9.17, 15) is 0 Å². The largest absolute Gasteiger partial charge is 0.310 e. The van der Waals surface area contributed by atoms with E-state index in [0.717, 1.165) is 25.8 Å². The summed E-state index contributed by atoms with van der Waals surface area (Å²) in [5, 5.41) is 12.3. The summed E-state index contributed by atoms with van der Waals surface area (Å²) in [6.45, 7) is 1.07. The number of hydrogen-bond acceptors (Lipinski definition) is 2. The molecule has 1 fully saturated rings. The summed E-state index contributed by atoms with van der Waals surface area (Å²) in [4.78, 5) is 0. The molecule has 2 heteroatoms. The molecule has 1 saturated heterocycles. The first-order valence-electron chi connectivity index (χ1n) is 5.86. The molecule has 0 amide bonds. The molecule has 80 valence electrons. The third kappa shape index (κ3) is 2.70. The van der Waals surface area contributed by atoms with Gasteiger partial charge in [0, 0.05) is 12.5 Å². The second kappa shape index (κ2) is 5.14. The minimum atomic E-state index is 0.530.